The van der Waals surface area contributed by atoms with Gasteiger partial charge in [-0.15, -0.1) is 12.4 Å². The van der Waals surface area contributed by atoms with Crippen LogP contribution in [0.15, 0.2) is 4.47 Å². The molecule has 2 heterocycles. The summed E-state index contributed by atoms with van der Waals surface area (Å²) in [5.74, 6) is 0.887. The van der Waals surface area contributed by atoms with Crippen molar-refractivity contribution in [3.05, 3.63) is 15.9 Å². The molecular weight excluding hydrogens is 356 g/mol. The molecule has 0 saturated carbocycles. The number of carbonyl (C=O) groups excluding carboxylic acids is 1. The van der Waals surface area contributed by atoms with E-state index in [0.717, 1.165) is 36.2 Å². The van der Waals surface area contributed by atoms with Gasteiger partial charge < -0.3 is 10.2 Å². The van der Waals surface area contributed by atoms with Gasteiger partial charge in [0.15, 0.2) is 5.69 Å². The predicted molar refractivity (Wildman–Crippen MR) is 90.2 cm³/mol. The van der Waals surface area contributed by atoms with E-state index in [-0.39, 0.29) is 18.3 Å². The Morgan fingerprint density at radius 2 is 2.29 bits per heavy atom. The minimum atomic E-state index is 0. The summed E-state index contributed by atoms with van der Waals surface area (Å²) in [4.78, 5) is 14.5. The molecule has 2 rings (SSSR count). The summed E-state index contributed by atoms with van der Waals surface area (Å²) in [6.07, 6.45) is 2.25. The van der Waals surface area contributed by atoms with Crippen LogP contribution in [0.2, 0.25) is 0 Å². The van der Waals surface area contributed by atoms with E-state index < -0.39 is 0 Å². The SMILES string of the molecule is CNCC1CCCN(C(=O)c2n[nH]c(C(C)C)c2Br)C1.Cl. The number of likely N-dealkylation sites (tertiary alicyclic amines) is 1. The Morgan fingerprint density at radius 3 is 2.86 bits per heavy atom. The van der Waals surface area contributed by atoms with Crippen molar-refractivity contribution in [3.8, 4) is 0 Å². The van der Waals surface area contributed by atoms with Crippen molar-refractivity contribution in [3.63, 3.8) is 0 Å². The van der Waals surface area contributed by atoms with Crippen molar-refractivity contribution < 1.29 is 4.79 Å². The zero-order valence-electron chi connectivity index (χ0n) is 12.8. The molecule has 0 spiro atoms. The lowest BCUT2D eigenvalue weighted by Gasteiger charge is -2.32. The first-order chi connectivity index (χ1) is 9.54. The summed E-state index contributed by atoms with van der Waals surface area (Å²) in [6, 6.07) is 0. The van der Waals surface area contributed by atoms with Crippen molar-refractivity contribution in [1.29, 1.82) is 0 Å². The quantitative estimate of drug-likeness (QED) is 0.845. The van der Waals surface area contributed by atoms with Crippen molar-refractivity contribution >= 4 is 34.2 Å². The molecule has 1 aromatic rings. The van der Waals surface area contributed by atoms with Gasteiger partial charge in [0.1, 0.15) is 0 Å². The van der Waals surface area contributed by atoms with E-state index in [0.29, 0.717) is 17.5 Å². The third-order valence-electron chi connectivity index (χ3n) is 3.81. The maximum atomic E-state index is 12.6. The van der Waals surface area contributed by atoms with Crippen LogP contribution in [0.25, 0.3) is 0 Å². The number of aromatic nitrogens is 2. The molecule has 5 nitrogen and oxygen atoms in total. The minimum absolute atomic E-state index is 0. The first-order valence-electron chi connectivity index (χ1n) is 7.22. The molecule has 2 N–H and O–H groups in total. The molecule has 1 aromatic heterocycles. The molecule has 1 unspecified atom stereocenters. The standard InChI is InChI=1S/C14H23BrN4O.ClH/c1-9(2)12-11(15)13(18-17-12)14(20)19-6-4-5-10(8-19)7-16-3;/h9-10,16H,4-8H2,1-3H3,(H,17,18);1H. The fraction of sp³-hybridized carbons (Fsp3) is 0.714. The van der Waals surface area contributed by atoms with Gasteiger partial charge in [-0.3, -0.25) is 9.89 Å². The van der Waals surface area contributed by atoms with E-state index in [1.807, 2.05) is 11.9 Å². The number of H-pyrrole nitrogens is 1. The summed E-state index contributed by atoms with van der Waals surface area (Å²) in [5, 5.41) is 10.4. The number of nitrogens with one attached hydrogen (secondary N) is 2. The highest BCUT2D eigenvalue weighted by Gasteiger charge is 2.28. The zero-order chi connectivity index (χ0) is 14.7. The van der Waals surface area contributed by atoms with Crippen LogP contribution in [0.5, 0.6) is 0 Å². The second kappa shape index (κ2) is 8.15. The summed E-state index contributed by atoms with van der Waals surface area (Å²) in [6.45, 7) is 6.76. The zero-order valence-corrected chi connectivity index (χ0v) is 15.2. The third-order valence-corrected chi connectivity index (χ3v) is 4.61. The molecule has 1 aliphatic rings. The van der Waals surface area contributed by atoms with Crippen molar-refractivity contribution in [2.45, 2.75) is 32.6 Å². The molecule has 120 valence electrons. The van der Waals surface area contributed by atoms with Crippen molar-refractivity contribution in [2.24, 2.45) is 5.92 Å². The molecule has 21 heavy (non-hydrogen) atoms. The monoisotopic (exact) mass is 378 g/mol. The fourth-order valence-electron chi connectivity index (χ4n) is 2.72. The van der Waals surface area contributed by atoms with Gasteiger partial charge in [0, 0.05) is 13.1 Å². The Bertz CT molecular complexity index is 476. The van der Waals surface area contributed by atoms with Crippen LogP contribution < -0.4 is 5.32 Å². The van der Waals surface area contributed by atoms with E-state index in [9.17, 15) is 4.79 Å². The second-order valence-corrected chi connectivity index (χ2v) is 6.56. The van der Waals surface area contributed by atoms with Gasteiger partial charge in [-0.25, -0.2) is 0 Å². The van der Waals surface area contributed by atoms with Crippen molar-refractivity contribution in [1.82, 2.24) is 20.4 Å². The summed E-state index contributed by atoms with van der Waals surface area (Å²) in [7, 11) is 1.96. The van der Waals surface area contributed by atoms with Crippen LogP contribution in [0.3, 0.4) is 0 Å². The molecule has 0 bridgehead atoms. The average molecular weight is 380 g/mol. The van der Waals surface area contributed by atoms with E-state index in [1.54, 1.807) is 0 Å². The number of amides is 1. The van der Waals surface area contributed by atoms with Gasteiger partial charge in [0.25, 0.3) is 5.91 Å². The fourth-order valence-corrected chi connectivity index (χ4v) is 3.53. The maximum Gasteiger partial charge on any atom is 0.275 e. The van der Waals surface area contributed by atoms with Gasteiger partial charge >= 0.3 is 0 Å². The summed E-state index contributed by atoms with van der Waals surface area (Å²) < 4.78 is 0.813. The number of halogens is 2. The highest BCUT2D eigenvalue weighted by molar-refractivity contribution is 9.10. The molecule has 0 aliphatic carbocycles. The Morgan fingerprint density at radius 1 is 1.57 bits per heavy atom. The molecule has 7 heteroatoms. The van der Waals surface area contributed by atoms with Gasteiger partial charge in [-0.1, -0.05) is 13.8 Å². The Hall–Kier alpha value is -0.590. The molecule has 1 fully saturated rings. The summed E-state index contributed by atoms with van der Waals surface area (Å²) in [5.41, 5.74) is 1.50. The molecule has 1 saturated heterocycles. The van der Waals surface area contributed by atoms with Crippen molar-refractivity contribution in [2.75, 3.05) is 26.7 Å². The molecule has 1 atom stereocenters. The van der Waals surface area contributed by atoms with Crippen LogP contribution in [-0.2, 0) is 0 Å². The van der Waals surface area contributed by atoms with Crippen LogP contribution in [0.1, 0.15) is 48.8 Å². The molecular formula is C14H24BrClN4O. The van der Waals surface area contributed by atoms with E-state index in [1.165, 1.54) is 6.42 Å². The number of carbonyl (C=O) groups is 1. The van der Waals surface area contributed by atoms with Crippen LogP contribution in [-0.4, -0.2) is 47.7 Å². The lowest BCUT2D eigenvalue weighted by molar-refractivity contribution is 0.0667. The van der Waals surface area contributed by atoms with E-state index >= 15 is 0 Å². The summed E-state index contributed by atoms with van der Waals surface area (Å²) >= 11 is 3.51. The molecule has 0 radical (unpaired) electrons. The number of piperidine rings is 1. The van der Waals surface area contributed by atoms with Gasteiger partial charge in [-0.2, -0.15) is 5.10 Å². The first kappa shape index (κ1) is 18.5. The number of hydrogen-bond acceptors (Lipinski definition) is 3. The number of aromatic amines is 1. The molecule has 0 aromatic carbocycles. The van der Waals surface area contributed by atoms with Gasteiger partial charge in [0.05, 0.1) is 10.2 Å². The highest BCUT2D eigenvalue weighted by atomic mass is 79.9. The minimum Gasteiger partial charge on any atom is -0.337 e. The Kier molecular flexibility index (Phi) is 7.16. The topological polar surface area (TPSA) is 61.0 Å². The first-order valence-corrected chi connectivity index (χ1v) is 8.01. The van der Waals surface area contributed by atoms with Gasteiger partial charge in [-0.05, 0) is 54.2 Å². The predicted octanol–water partition coefficient (Wildman–Crippen LogP) is 2.79. The molecule has 1 aliphatic heterocycles. The van der Waals surface area contributed by atoms with E-state index in [2.05, 4.69) is 45.3 Å². The Balaban J connectivity index is 0.00000220. The third kappa shape index (κ3) is 4.20. The van der Waals surface area contributed by atoms with Gasteiger partial charge in [0.2, 0.25) is 0 Å². The average Bonchev–Trinajstić information content (AvgIpc) is 2.80. The lowest BCUT2D eigenvalue weighted by atomic mass is 9.98. The normalized spacial score (nSPS) is 18.7. The van der Waals surface area contributed by atoms with Crippen LogP contribution in [0.4, 0.5) is 0 Å². The number of nitrogens with zero attached hydrogens (tertiary/aromatic N) is 2. The molecule has 1 amide bonds. The largest absolute Gasteiger partial charge is 0.337 e. The number of rotatable bonds is 4. The highest BCUT2D eigenvalue weighted by Crippen LogP contribution is 2.27. The second-order valence-electron chi connectivity index (χ2n) is 5.77. The van der Waals surface area contributed by atoms with E-state index in [4.69, 9.17) is 0 Å². The maximum absolute atomic E-state index is 12.6. The van der Waals surface area contributed by atoms with Crippen LogP contribution >= 0.6 is 28.3 Å². The smallest absolute Gasteiger partial charge is 0.275 e. The van der Waals surface area contributed by atoms with Crippen LogP contribution in [0, 0.1) is 5.92 Å². The number of hydrogen-bond donors (Lipinski definition) is 2. The Labute approximate surface area is 140 Å². The lowest BCUT2D eigenvalue weighted by Crippen LogP contribution is -2.42.